The molecule has 0 amide bonds. The Hall–Kier alpha value is -1.94. The molecule has 0 aliphatic rings. The molecule has 2 N–H and O–H groups in total. The zero-order valence-electron chi connectivity index (χ0n) is 12.2. The second-order valence-electron chi connectivity index (χ2n) is 4.95. The van der Waals surface area contributed by atoms with Gasteiger partial charge in [0.2, 0.25) is 0 Å². The highest BCUT2D eigenvalue weighted by Crippen LogP contribution is 2.15. The predicted molar refractivity (Wildman–Crippen MR) is 82.7 cm³/mol. The predicted octanol–water partition coefficient (Wildman–Crippen LogP) is 2.45. The largest absolute Gasteiger partial charge is 0.351 e. The first-order valence-electron chi connectivity index (χ1n) is 7.00. The molecule has 0 bridgehead atoms. The fourth-order valence-electron chi connectivity index (χ4n) is 2.04. The van der Waals surface area contributed by atoms with Gasteiger partial charge in [0.1, 0.15) is 5.82 Å². The first-order valence-corrected chi connectivity index (χ1v) is 7.00. The Morgan fingerprint density at radius 1 is 1.10 bits per heavy atom. The van der Waals surface area contributed by atoms with Crippen molar-refractivity contribution >= 4 is 5.82 Å². The lowest BCUT2D eigenvalue weighted by molar-refractivity contribution is 0.721. The van der Waals surface area contributed by atoms with Crippen molar-refractivity contribution in [3.8, 4) is 0 Å². The molecule has 2 aromatic rings. The molecule has 0 unspecified atom stereocenters. The lowest BCUT2D eigenvalue weighted by Crippen LogP contribution is -2.27. The van der Waals surface area contributed by atoms with Crippen molar-refractivity contribution in [1.29, 1.82) is 0 Å². The number of benzene rings is 1. The van der Waals surface area contributed by atoms with E-state index in [4.69, 9.17) is 5.73 Å². The summed E-state index contributed by atoms with van der Waals surface area (Å²) >= 11 is 0. The summed E-state index contributed by atoms with van der Waals surface area (Å²) in [5, 5.41) is 0. The van der Waals surface area contributed by atoms with Gasteiger partial charge in [0.25, 0.3) is 0 Å². The third kappa shape index (κ3) is 3.78. The average molecular weight is 270 g/mol. The van der Waals surface area contributed by atoms with E-state index in [2.05, 4.69) is 39.1 Å². The molecular formula is C16H22N4. The first kappa shape index (κ1) is 14.5. The number of rotatable bonds is 6. The number of hydrogen-bond donors (Lipinski definition) is 1. The van der Waals surface area contributed by atoms with Crippen LogP contribution in [0.2, 0.25) is 0 Å². The van der Waals surface area contributed by atoms with E-state index in [0.29, 0.717) is 6.54 Å². The molecule has 0 aliphatic carbocycles. The molecule has 1 aromatic carbocycles. The molecule has 0 saturated carbocycles. The van der Waals surface area contributed by atoms with Crippen LogP contribution in [0, 0.1) is 13.8 Å². The lowest BCUT2D eigenvalue weighted by atomic mass is 10.2. The molecule has 0 spiro atoms. The van der Waals surface area contributed by atoms with E-state index in [1.807, 2.05) is 26.1 Å². The monoisotopic (exact) mass is 270 g/mol. The minimum absolute atomic E-state index is 0.684. The van der Waals surface area contributed by atoms with Gasteiger partial charge in [-0.1, -0.05) is 30.3 Å². The molecule has 4 nitrogen and oxygen atoms in total. The number of nitrogens with zero attached hydrogens (tertiary/aromatic N) is 3. The van der Waals surface area contributed by atoms with Crippen molar-refractivity contribution in [2.45, 2.75) is 26.8 Å². The van der Waals surface area contributed by atoms with Gasteiger partial charge >= 0.3 is 0 Å². The summed E-state index contributed by atoms with van der Waals surface area (Å²) < 4.78 is 0. The Kier molecular flexibility index (Phi) is 5.07. The molecule has 20 heavy (non-hydrogen) atoms. The summed E-state index contributed by atoms with van der Waals surface area (Å²) in [4.78, 5) is 11.3. The number of aryl methyl sites for hydroxylation is 2. The van der Waals surface area contributed by atoms with Gasteiger partial charge < -0.3 is 10.6 Å². The van der Waals surface area contributed by atoms with Crippen LogP contribution < -0.4 is 10.6 Å². The van der Waals surface area contributed by atoms with E-state index in [9.17, 15) is 0 Å². The van der Waals surface area contributed by atoms with E-state index < -0.39 is 0 Å². The highest BCUT2D eigenvalue weighted by molar-refractivity contribution is 5.39. The Balaban J connectivity index is 2.20. The van der Waals surface area contributed by atoms with Crippen molar-refractivity contribution in [3.05, 3.63) is 53.5 Å². The maximum atomic E-state index is 5.64. The van der Waals surface area contributed by atoms with Gasteiger partial charge in [-0.05, 0) is 32.4 Å². The summed E-state index contributed by atoms with van der Waals surface area (Å²) in [6.45, 7) is 6.38. The molecule has 2 rings (SSSR count). The molecule has 0 radical (unpaired) electrons. The quantitative estimate of drug-likeness (QED) is 0.876. The highest BCUT2D eigenvalue weighted by Gasteiger charge is 2.10. The van der Waals surface area contributed by atoms with Crippen molar-refractivity contribution in [2.24, 2.45) is 5.73 Å². The second-order valence-corrected chi connectivity index (χ2v) is 4.95. The number of aromatic nitrogens is 2. The van der Waals surface area contributed by atoms with Crippen LogP contribution in [0.3, 0.4) is 0 Å². The molecule has 0 saturated heterocycles. The van der Waals surface area contributed by atoms with E-state index in [1.165, 1.54) is 5.56 Å². The number of nitrogens with two attached hydrogens (primary N) is 1. The molecule has 1 heterocycles. The normalized spacial score (nSPS) is 10.6. The molecule has 0 aliphatic heterocycles. The second kappa shape index (κ2) is 7.01. The highest BCUT2D eigenvalue weighted by atomic mass is 15.2. The number of hydrogen-bond acceptors (Lipinski definition) is 4. The minimum Gasteiger partial charge on any atom is -0.351 e. The van der Waals surface area contributed by atoms with E-state index in [1.54, 1.807) is 0 Å². The van der Waals surface area contributed by atoms with Crippen LogP contribution >= 0.6 is 0 Å². The van der Waals surface area contributed by atoms with E-state index in [0.717, 1.165) is 36.7 Å². The third-order valence-electron chi connectivity index (χ3n) is 3.35. The molecule has 0 atom stereocenters. The Bertz CT molecular complexity index is 539. The zero-order valence-corrected chi connectivity index (χ0v) is 12.2. The summed E-state index contributed by atoms with van der Waals surface area (Å²) in [6.07, 6.45) is 2.79. The maximum absolute atomic E-state index is 5.64. The van der Waals surface area contributed by atoms with Crippen LogP contribution in [0.4, 0.5) is 5.82 Å². The van der Waals surface area contributed by atoms with Crippen LogP contribution in [-0.4, -0.2) is 23.1 Å². The minimum atomic E-state index is 0.684. The summed E-state index contributed by atoms with van der Waals surface area (Å²) in [6, 6.07) is 10.4. The third-order valence-corrected chi connectivity index (χ3v) is 3.35. The topological polar surface area (TPSA) is 55.0 Å². The van der Waals surface area contributed by atoms with E-state index in [-0.39, 0.29) is 0 Å². The Morgan fingerprint density at radius 3 is 2.50 bits per heavy atom. The summed E-state index contributed by atoms with van der Waals surface area (Å²) in [5.41, 5.74) is 8.87. The summed E-state index contributed by atoms with van der Waals surface area (Å²) in [5.74, 6) is 0.922. The van der Waals surface area contributed by atoms with E-state index >= 15 is 0 Å². The molecule has 4 heteroatoms. The van der Waals surface area contributed by atoms with Crippen LogP contribution in [0.15, 0.2) is 36.5 Å². The van der Waals surface area contributed by atoms with Gasteiger partial charge in [-0.25, -0.2) is 4.98 Å². The Labute approximate surface area is 120 Å². The zero-order chi connectivity index (χ0) is 14.4. The number of anilines is 1. The molecular weight excluding hydrogens is 248 g/mol. The van der Waals surface area contributed by atoms with Crippen LogP contribution in [-0.2, 0) is 6.54 Å². The molecule has 1 aromatic heterocycles. The van der Waals surface area contributed by atoms with Crippen LogP contribution in [0.5, 0.6) is 0 Å². The van der Waals surface area contributed by atoms with Gasteiger partial charge in [-0.2, -0.15) is 0 Å². The lowest BCUT2D eigenvalue weighted by Gasteiger charge is -2.24. The fourth-order valence-corrected chi connectivity index (χ4v) is 2.04. The summed E-state index contributed by atoms with van der Waals surface area (Å²) in [7, 11) is 0. The van der Waals surface area contributed by atoms with Crippen LogP contribution in [0.25, 0.3) is 0 Å². The molecule has 0 fully saturated rings. The first-order chi connectivity index (χ1) is 9.70. The van der Waals surface area contributed by atoms with Gasteiger partial charge in [0.05, 0.1) is 17.6 Å². The average Bonchev–Trinajstić information content (AvgIpc) is 2.47. The maximum Gasteiger partial charge on any atom is 0.147 e. The van der Waals surface area contributed by atoms with Gasteiger partial charge in [0, 0.05) is 13.1 Å². The smallest absolute Gasteiger partial charge is 0.147 e. The van der Waals surface area contributed by atoms with Gasteiger partial charge in [-0.3, -0.25) is 4.98 Å². The fraction of sp³-hybridized carbons (Fsp3) is 0.375. The van der Waals surface area contributed by atoms with Crippen molar-refractivity contribution in [1.82, 2.24) is 9.97 Å². The van der Waals surface area contributed by atoms with Crippen LogP contribution in [0.1, 0.15) is 23.4 Å². The molecule has 106 valence electrons. The van der Waals surface area contributed by atoms with Crippen molar-refractivity contribution in [3.63, 3.8) is 0 Å². The SMILES string of the molecule is Cc1ncc(N(CCCN)Cc2ccccc2)nc1C. The van der Waals surface area contributed by atoms with Crippen molar-refractivity contribution < 1.29 is 0 Å². The van der Waals surface area contributed by atoms with Gasteiger partial charge in [0.15, 0.2) is 0 Å². The Morgan fingerprint density at radius 2 is 1.85 bits per heavy atom. The standard InChI is InChI=1S/C16H22N4/c1-13-14(2)19-16(11-18-13)20(10-6-9-17)12-15-7-4-3-5-8-15/h3-5,7-8,11H,6,9-10,12,17H2,1-2H3. The van der Waals surface area contributed by atoms with Crippen molar-refractivity contribution in [2.75, 3.05) is 18.0 Å². The van der Waals surface area contributed by atoms with Gasteiger partial charge in [-0.15, -0.1) is 0 Å².